The Hall–Kier alpha value is -2.99. The van der Waals surface area contributed by atoms with Gasteiger partial charge in [0.15, 0.2) is 0 Å². The topological polar surface area (TPSA) is 49.0 Å². The van der Waals surface area contributed by atoms with Gasteiger partial charge in [0.1, 0.15) is 11.9 Å². The van der Waals surface area contributed by atoms with Gasteiger partial charge in [0.2, 0.25) is 5.91 Å². The highest BCUT2D eigenvalue weighted by molar-refractivity contribution is 7.19. The fourth-order valence-corrected chi connectivity index (χ4v) is 5.20. The van der Waals surface area contributed by atoms with E-state index in [1.807, 2.05) is 17.0 Å². The minimum atomic E-state index is -0.257. The summed E-state index contributed by atoms with van der Waals surface area (Å²) in [7, 11) is 0. The van der Waals surface area contributed by atoms with Gasteiger partial charge in [-0.15, -0.1) is 11.3 Å². The molecule has 1 atom stereocenters. The van der Waals surface area contributed by atoms with E-state index >= 15 is 0 Å². The van der Waals surface area contributed by atoms with Crippen molar-refractivity contribution >= 4 is 27.3 Å². The number of rotatable bonds is 4. The quantitative estimate of drug-likeness (QED) is 0.527. The summed E-state index contributed by atoms with van der Waals surface area (Å²) in [5, 5.41) is 1.19. The molecule has 146 valence electrons. The zero-order chi connectivity index (χ0) is 19.8. The number of benzene rings is 2. The van der Waals surface area contributed by atoms with E-state index in [2.05, 4.69) is 28.2 Å². The Bertz CT molecular complexity index is 1130. The molecule has 0 aliphatic carbocycles. The van der Waals surface area contributed by atoms with E-state index in [0.29, 0.717) is 19.4 Å². The van der Waals surface area contributed by atoms with Crippen molar-refractivity contribution in [3.63, 3.8) is 0 Å². The Morgan fingerprint density at radius 1 is 1.21 bits per heavy atom. The van der Waals surface area contributed by atoms with Gasteiger partial charge in [-0.25, -0.2) is 9.37 Å². The SMILES string of the molecule is O=C(CCc1ccc(F)cc1)N1CCc2[nH]cnc2[C@H]1c1cc2ccccc2s1. The van der Waals surface area contributed by atoms with Crippen molar-refractivity contribution in [2.75, 3.05) is 6.54 Å². The van der Waals surface area contributed by atoms with Crippen LogP contribution in [0.3, 0.4) is 0 Å². The molecule has 4 nitrogen and oxygen atoms in total. The lowest BCUT2D eigenvalue weighted by Crippen LogP contribution is -2.40. The number of aromatic nitrogens is 2. The predicted octanol–water partition coefficient (Wildman–Crippen LogP) is 4.87. The van der Waals surface area contributed by atoms with Crippen LogP contribution < -0.4 is 0 Å². The van der Waals surface area contributed by atoms with Crippen molar-refractivity contribution < 1.29 is 9.18 Å². The van der Waals surface area contributed by atoms with Crippen molar-refractivity contribution in [2.45, 2.75) is 25.3 Å². The number of aryl methyl sites for hydroxylation is 1. The number of nitrogens with one attached hydrogen (secondary N) is 1. The molecule has 29 heavy (non-hydrogen) atoms. The lowest BCUT2D eigenvalue weighted by Gasteiger charge is -2.34. The minimum Gasteiger partial charge on any atom is -0.348 e. The van der Waals surface area contributed by atoms with E-state index in [1.165, 1.54) is 22.2 Å². The summed E-state index contributed by atoms with van der Waals surface area (Å²) in [5.74, 6) is -0.155. The van der Waals surface area contributed by atoms with E-state index in [1.54, 1.807) is 29.8 Å². The molecule has 1 amide bonds. The summed E-state index contributed by atoms with van der Waals surface area (Å²) in [6.07, 6.45) is 3.49. The summed E-state index contributed by atoms with van der Waals surface area (Å²) < 4.78 is 14.3. The van der Waals surface area contributed by atoms with Crippen molar-refractivity contribution in [1.82, 2.24) is 14.9 Å². The second kappa shape index (κ2) is 7.44. The standard InChI is InChI=1S/C23H20FN3OS/c24-17-8-5-15(6-9-17)7-10-21(28)27-12-11-18-22(26-14-25-18)23(27)20-13-16-3-1-2-4-19(16)29-20/h1-6,8-9,13-14,23H,7,10-12H2,(H,25,26)/t23-/m1/s1. The molecule has 0 saturated heterocycles. The van der Waals surface area contributed by atoms with Gasteiger partial charge >= 0.3 is 0 Å². The zero-order valence-corrected chi connectivity index (χ0v) is 16.6. The number of halogens is 1. The molecule has 0 unspecified atom stereocenters. The Morgan fingerprint density at radius 3 is 2.86 bits per heavy atom. The molecule has 1 aliphatic heterocycles. The average molecular weight is 405 g/mol. The highest BCUT2D eigenvalue weighted by Gasteiger charge is 2.34. The summed E-state index contributed by atoms with van der Waals surface area (Å²) >= 11 is 1.72. The third kappa shape index (κ3) is 3.44. The van der Waals surface area contributed by atoms with Crippen molar-refractivity contribution in [3.8, 4) is 0 Å². The van der Waals surface area contributed by atoms with Crippen LogP contribution in [0.15, 0.2) is 60.9 Å². The van der Waals surface area contributed by atoms with E-state index in [-0.39, 0.29) is 17.8 Å². The van der Waals surface area contributed by atoms with Gasteiger partial charge in [-0.2, -0.15) is 0 Å². The summed E-state index contributed by atoms with van der Waals surface area (Å²) in [5.41, 5.74) is 3.02. The minimum absolute atomic E-state index is 0.102. The third-order valence-electron chi connectivity index (χ3n) is 5.50. The molecule has 0 spiro atoms. The molecule has 4 aromatic rings. The van der Waals surface area contributed by atoms with Crippen LogP contribution in [-0.2, 0) is 17.6 Å². The maximum Gasteiger partial charge on any atom is 0.223 e. The molecule has 0 fully saturated rings. The number of imidazole rings is 1. The number of thiophene rings is 1. The fourth-order valence-electron chi connectivity index (χ4n) is 4.02. The molecule has 1 aliphatic rings. The Balaban J connectivity index is 1.44. The number of nitrogens with zero attached hydrogens (tertiary/aromatic N) is 2. The van der Waals surface area contributed by atoms with Crippen molar-refractivity contribution in [3.05, 3.63) is 88.6 Å². The zero-order valence-electron chi connectivity index (χ0n) is 15.8. The first-order chi connectivity index (χ1) is 14.2. The van der Waals surface area contributed by atoms with Crippen LogP contribution in [0.5, 0.6) is 0 Å². The van der Waals surface area contributed by atoms with E-state index < -0.39 is 0 Å². The molecule has 2 aromatic carbocycles. The van der Waals surface area contributed by atoms with Crippen LogP contribution >= 0.6 is 11.3 Å². The smallest absolute Gasteiger partial charge is 0.223 e. The van der Waals surface area contributed by atoms with Crippen molar-refractivity contribution in [1.29, 1.82) is 0 Å². The third-order valence-corrected chi connectivity index (χ3v) is 6.67. The molecule has 6 heteroatoms. The Labute approximate surface area is 172 Å². The maximum absolute atomic E-state index is 13.2. The van der Waals surface area contributed by atoms with Crippen LogP contribution in [0.25, 0.3) is 10.1 Å². The van der Waals surface area contributed by atoms with Gasteiger partial charge in [0.05, 0.1) is 12.0 Å². The monoisotopic (exact) mass is 405 g/mol. The van der Waals surface area contributed by atoms with Crippen LogP contribution in [-0.4, -0.2) is 27.3 Å². The fraction of sp³-hybridized carbons (Fsp3) is 0.217. The summed E-state index contributed by atoms with van der Waals surface area (Å²) in [6.45, 7) is 0.663. The van der Waals surface area contributed by atoms with Crippen LogP contribution in [0.1, 0.15) is 34.3 Å². The van der Waals surface area contributed by atoms with Gasteiger partial charge in [-0.3, -0.25) is 4.79 Å². The molecule has 0 radical (unpaired) electrons. The lowest BCUT2D eigenvalue weighted by molar-refractivity contribution is -0.133. The number of hydrogen-bond acceptors (Lipinski definition) is 3. The Kier molecular flexibility index (Phi) is 4.64. The van der Waals surface area contributed by atoms with Gasteiger partial charge in [-0.05, 0) is 41.6 Å². The second-order valence-electron chi connectivity index (χ2n) is 7.32. The molecule has 5 rings (SSSR count). The molecule has 2 aromatic heterocycles. The number of H-pyrrole nitrogens is 1. The van der Waals surface area contributed by atoms with Crippen molar-refractivity contribution in [2.24, 2.45) is 0 Å². The molecular weight excluding hydrogens is 385 g/mol. The van der Waals surface area contributed by atoms with E-state index in [0.717, 1.165) is 28.2 Å². The molecule has 0 saturated carbocycles. The number of carbonyl (C=O) groups is 1. The number of amides is 1. The highest BCUT2D eigenvalue weighted by Crippen LogP contribution is 2.39. The first-order valence-corrected chi connectivity index (χ1v) is 10.6. The number of aromatic amines is 1. The maximum atomic E-state index is 13.2. The first kappa shape index (κ1) is 18.1. The predicted molar refractivity (Wildman–Crippen MR) is 112 cm³/mol. The average Bonchev–Trinajstić information content (AvgIpc) is 3.39. The largest absolute Gasteiger partial charge is 0.348 e. The first-order valence-electron chi connectivity index (χ1n) is 9.73. The van der Waals surface area contributed by atoms with Gasteiger partial charge < -0.3 is 9.88 Å². The van der Waals surface area contributed by atoms with Gasteiger partial charge in [-0.1, -0.05) is 30.3 Å². The highest BCUT2D eigenvalue weighted by atomic mass is 32.1. The molecular formula is C23H20FN3OS. The van der Waals surface area contributed by atoms with E-state index in [9.17, 15) is 9.18 Å². The molecule has 0 bridgehead atoms. The second-order valence-corrected chi connectivity index (χ2v) is 8.43. The number of fused-ring (bicyclic) bond motifs is 2. The van der Waals surface area contributed by atoms with Crippen LogP contribution in [0.4, 0.5) is 4.39 Å². The number of hydrogen-bond donors (Lipinski definition) is 1. The Morgan fingerprint density at radius 2 is 2.03 bits per heavy atom. The van der Waals surface area contributed by atoms with Crippen LogP contribution in [0.2, 0.25) is 0 Å². The summed E-state index contributed by atoms with van der Waals surface area (Å²) in [4.78, 5) is 24.1. The van der Waals surface area contributed by atoms with Gasteiger partial charge in [0.25, 0.3) is 0 Å². The van der Waals surface area contributed by atoms with Crippen LogP contribution in [0, 0.1) is 5.82 Å². The lowest BCUT2D eigenvalue weighted by atomic mass is 9.99. The molecule has 3 heterocycles. The number of carbonyl (C=O) groups excluding carboxylic acids is 1. The van der Waals surface area contributed by atoms with Gasteiger partial charge in [0, 0.05) is 34.7 Å². The summed E-state index contributed by atoms with van der Waals surface area (Å²) in [6, 6.07) is 16.7. The molecule has 1 N–H and O–H groups in total. The normalized spacial score (nSPS) is 16.2. The van der Waals surface area contributed by atoms with E-state index in [4.69, 9.17) is 0 Å².